The Morgan fingerprint density at radius 2 is 2.03 bits per heavy atom. The minimum atomic E-state index is -0.815. The number of anilines is 1. The van der Waals surface area contributed by atoms with Crippen molar-refractivity contribution in [2.45, 2.75) is 26.3 Å². The van der Waals surface area contributed by atoms with Crippen LogP contribution in [0.4, 0.5) is 5.13 Å². The van der Waals surface area contributed by atoms with Gasteiger partial charge in [0, 0.05) is 30.1 Å². The molecule has 0 atom stereocenters. The molecule has 30 heavy (non-hydrogen) atoms. The predicted molar refractivity (Wildman–Crippen MR) is 115 cm³/mol. The summed E-state index contributed by atoms with van der Waals surface area (Å²) in [6, 6.07) is 10.9. The molecule has 0 aliphatic carbocycles. The van der Waals surface area contributed by atoms with E-state index >= 15 is 0 Å². The van der Waals surface area contributed by atoms with Crippen molar-refractivity contribution in [1.82, 2.24) is 19.5 Å². The molecule has 9 heteroatoms. The molecule has 1 amide bonds. The van der Waals surface area contributed by atoms with Crippen molar-refractivity contribution in [2.75, 3.05) is 5.32 Å². The van der Waals surface area contributed by atoms with Crippen LogP contribution in [0.1, 0.15) is 29.0 Å². The number of fused-ring (bicyclic) bond motifs is 1. The van der Waals surface area contributed by atoms with Gasteiger partial charge in [-0.1, -0.05) is 6.07 Å². The molecular formula is C21H19N5O3S. The number of aryl methyl sites for hydroxylation is 2. The fourth-order valence-electron chi connectivity index (χ4n) is 3.19. The molecule has 8 nitrogen and oxygen atoms in total. The van der Waals surface area contributed by atoms with Crippen LogP contribution >= 0.6 is 11.3 Å². The maximum absolute atomic E-state index is 12.7. The first-order valence-corrected chi connectivity index (χ1v) is 10.3. The first kappa shape index (κ1) is 19.7. The summed E-state index contributed by atoms with van der Waals surface area (Å²) in [5, 5.41) is 14.0. The third kappa shape index (κ3) is 4.20. The Bertz CT molecular complexity index is 1220. The number of carboxylic acids is 1. The van der Waals surface area contributed by atoms with Crippen LogP contribution in [-0.4, -0.2) is 36.5 Å². The molecule has 0 aliphatic heterocycles. The Kier molecular flexibility index (Phi) is 5.53. The highest BCUT2D eigenvalue weighted by molar-refractivity contribution is 7.14. The standard InChI is InChI=1S/C21H19N5O3S/c1-13-23-16-11-14(7-8-18(16)26(13)10-4-6-19(27)28)20(29)25-21-24-17(12-30-21)15-5-2-3-9-22-15/h2-3,5,7-9,11-12H,4,6,10H2,1H3,(H,27,28)(H,24,25,29). The van der Waals surface area contributed by atoms with Crippen molar-refractivity contribution in [3.8, 4) is 11.4 Å². The van der Waals surface area contributed by atoms with E-state index in [2.05, 4.69) is 20.3 Å². The van der Waals surface area contributed by atoms with Gasteiger partial charge in [0.05, 0.1) is 16.7 Å². The molecule has 4 rings (SSSR count). The molecule has 0 aliphatic rings. The van der Waals surface area contributed by atoms with Crippen LogP contribution in [0.25, 0.3) is 22.4 Å². The van der Waals surface area contributed by atoms with Gasteiger partial charge in [0.1, 0.15) is 11.5 Å². The Labute approximate surface area is 176 Å². The number of amides is 1. The highest BCUT2D eigenvalue weighted by Gasteiger charge is 2.14. The summed E-state index contributed by atoms with van der Waals surface area (Å²) in [7, 11) is 0. The largest absolute Gasteiger partial charge is 0.481 e. The summed E-state index contributed by atoms with van der Waals surface area (Å²) < 4.78 is 1.97. The van der Waals surface area contributed by atoms with Crippen molar-refractivity contribution < 1.29 is 14.7 Å². The average molecular weight is 421 g/mol. The van der Waals surface area contributed by atoms with Gasteiger partial charge in [0.25, 0.3) is 5.91 Å². The minimum absolute atomic E-state index is 0.105. The second-order valence-corrected chi connectivity index (χ2v) is 7.58. The second kappa shape index (κ2) is 8.42. The molecule has 0 unspecified atom stereocenters. The predicted octanol–water partition coefficient (Wildman–Crippen LogP) is 3.98. The molecule has 2 N–H and O–H groups in total. The highest BCUT2D eigenvalue weighted by Crippen LogP contribution is 2.24. The number of rotatable bonds is 7. The smallest absolute Gasteiger partial charge is 0.303 e. The van der Waals surface area contributed by atoms with Crippen LogP contribution in [0.15, 0.2) is 48.0 Å². The van der Waals surface area contributed by atoms with Gasteiger partial charge in [-0.2, -0.15) is 0 Å². The van der Waals surface area contributed by atoms with E-state index in [9.17, 15) is 9.59 Å². The van der Waals surface area contributed by atoms with Crippen molar-refractivity contribution in [1.29, 1.82) is 0 Å². The topological polar surface area (TPSA) is 110 Å². The van der Waals surface area contributed by atoms with Gasteiger partial charge in [-0.05, 0) is 43.7 Å². The number of carbonyl (C=O) groups excluding carboxylic acids is 1. The molecule has 0 fully saturated rings. The molecular weight excluding hydrogens is 402 g/mol. The normalized spacial score (nSPS) is 11.0. The van der Waals surface area contributed by atoms with E-state index in [1.54, 1.807) is 18.3 Å². The number of hydrogen-bond donors (Lipinski definition) is 2. The molecule has 3 heterocycles. The fourth-order valence-corrected chi connectivity index (χ4v) is 3.89. The van der Waals surface area contributed by atoms with E-state index in [0.717, 1.165) is 17.0 Å². The number of carbonyl (C=O) groups is 2. The Hall–Kier alpha value is -3.59. The number of thiazole rings is 1. The zero-order chi connectivity index (χ0) is 21.1. The minimum Gasteiger partial charge on any atom is -0.481 e. The van der Waals surface area contributed by atoms with Gasteiger partial charge in [0.15, 0.2) is 5.13 Å². The first-order chi connectivity index (χ1) is 14.5. The molecule has 1 aromatic carbocycles. The lowest BCUT2D eigenvalue weighted by Gasteiger charge is -2.06. The zero-order valence-corrected chi connectivity index (χ0v) is 17.0. The van der Waals surface area contributed by atoms with E-state index in [4.69, 9.17) is 5.11 Å². The number of nitrogens with one attached hydrogen (secondary N) is 1. The summed E-state index contributed by atoms with van der Waals surface area (Å²) in [4.78, 5) is 36.6. The Morgan fingerprint density at radius 1 is 1.17 bits per heavy atom. The number of hydrogen-bond acceptors (Lipinski definition) is 6. The maximum Gasteiger partial charge on any atom is 0.303 e. The lowest BCUT2D eigenvalue weighted by molar-refractivity contribution is -0.137. The van der Waals surface area contributed by atoms with Crippen molar-refractivity contribution in [2.24, 2.45) is 0 Å². The van der Waals surface area contributed by atoms with Gasteiger partial charge < -0.3 is 9.67 Å². The summed E-state index contributed by atoms with van der Waals surface area (Å²) in [5.41, 5.74) is 3.51. The van der Waals surface area contributed by atoms with E-state index in [1.807, 2.05) is 41.1 Å². The molecule has 0 saturated heterocycles. The summed E-state index contributed by atoms with van der Waals surface area (Å²) in [5.74, 6) is -0.297. The summed E-state index contributed by atoms with van der Waals surface area (Å²) >= 11 is 1.34. The quantitative estimate of drug-likeness (QED) is 0.467. The Balaban J connectivity index is 1.50. The van der Waals surface area contributed by atoms with Crippen molar-refractivity contribution >= 4 is 39.4 Å². The van der Waals surface area contributed by atoms with Gasteiger partial charge >= 0.3 is 5.97 Å². The van der Waals surface area contributed by atoms with Gasteiger partial charge in [-0.3, -0.25) is 19.9 Å². The number of benzene rings is 1. The number of imidazole rings is 1. The van der Waals surface area contributed by atoms with Crippen LogP contribution in [0, 0.1) is 6.92 Å². The number of aromatic nitrogens is 4. The third-order valence-electron chi connectivity index (χ3n) is 4.63. The lowest BCUT2D eigenvalue weighted by atomic mass is 10.2. The van der Waals surface area contributed by atoms with E-state index in [1.165, 1.54) is 11.3 Å². The molecule has 0 bridgehead atoms. The average Bonchev–Trinajstić information content (AvgIpc) is 3.32. The molecule has 0 saturated carbocycles. The van der Waals surface area contributed by atoms with E-state index in [0.29, 0.717) is 34.9 Å². The summed E-state index contributed by atoms with van der Waals surface area (Å²) in [6.07, 6.45) is 2.32. The SMILES string of the molecule is Cc1nc2cc(C(=O)Nc3nc(-c4ccccn4)cs3)ccc2n1CCCC(=O)O. The number of pyridine rings is 1. The zero-order valence-electron chi connectivity index (χ0n) is 16.2. The van der Waals surface area contributed by atoms with Gasteiger partial charge in [-0.15, -0.1) is 11.3 Å². The molecule has 0 spiro atoms. The maximum atomic E-state index is 12.7. The van der Waals surface area contributed by atoms with Crippen LogP contribution in [0.2, 0.25) is 0 Å². The first-order valence-electron chi connectivity index (χ1n) is 9.38. The number of carboxylic acid groups (broad SMARTS) is 1. The van der Waals surface area contributed by atoms with Crippen molar-refractivity contribution in [3.05, 3.63) is 59.4 Å². The number of nitrogens with zero attached hydrogens (tertiary/aromatic N) is 4. The van der Waals surface area contributed by atoms with Gasteiger partial charge in [0.2, 0.25) is 0 Å². The second-order valence-electron chi connectivity index (χ2n) is 6.72. The van der Waals surface area contributed by atoms with Gasteiger partial charge in [-0.25, -0.2) is 9.97 Å². The Morgan fingerprint density at radius 3 is 2.80 bits per heavy atom. The number of aliphatic carboxylic acids is 1. The third-order valence-corrected chi connectivity index (χ3v) is 5.38. The molecule has 0 radical (unpaired) electrons. The van der Waals surface area contributed by atoms with E-state index in [-0.39, 0.29) is 12.3 Å². The van der Waals surface area contributed by atoms with Crippen LogP contribution in [-0.2, 0) is 11.3 Å². The van der Waals surface area contributed by atoms with Crippen LogP contribution < -0.4 is 5.32 Å². The lowest BCUT2D eigenvalue weighted by Crippen LogP contribution is -2.11. The van der Waals surface area contributed by atoms with Crippen LogP contribution in [0.3, 0.4) is 0 Å². The summed E-state index contributed by atoms with van der Waals surface area (Å²) in [6.45, 7) is 2.44. The van der Waals surface area contributed by atoms with Crippen molar-refractivity contribution in [3.63, 3.8) is 0 Å². The molecule has 3 aromatic heterocycles. The highest BCUT2D eigenvalue weighted by atomic mass is 32.1. The fraction of sp³-hybridized carbons (Fsp3) is 0.190. The molecule has 4 aromatic rings. The molecule has 152 valence electrons. The van der Waals surface area contributed by atoms with E-state index < -0.39 is 5.97 Å². The monoisotopic (exact) mass is 421 g/mol. The van der Waals surface area contributed by atoms with Crippen LogP contribution in [0.5, 0.6) is 0 Å².